The first kappa shape index (κ1) is 15.5. The number of nitrogens with one attached hydrogen (secondary N) is 1. The highest BCUT2D eigenvalue weighted by molar-refractivity contribution is 7.18. The quantitative estimate of drug-likeness (QED) is 0.682. The lowest BCUT2D eigenvalue weighted by Gasteiger charge is -2.04. The predicted octanol–water partition coefficient (Wildman–Crippen LogP) is 4.49. The van der Waals surface area contributed by atoms with Gasteiger partial charge < -0.3 is 11.1 Å². The van der Waals surface area contributed by atoms with E-state index >= 15 is 0 Å². The first-order valence-electron chi connectivity index (χ1n) is 6.62. The fourth-order valence-electron chi connectivity index (χ4n) is 1.97. The van der Waals surface area contributed by atoms with E-state index in [2.05, 4.69) is 10.3 Å². The summed E-state index contributed by atoms with van der Waals surface area (Å²) in [5, 5.41) is 3.57. The van der Waals surface area contributed by atoms with E-state index in [1.165, 1.54) is 18.2 Å². The van der Waals surface area contributed by atoms with Gasteiger partial charge in [0.2, 0.25) is 5.78 Å². The molecule has 0 saturated heterocycles. The summed E-state index contributed by atoms with van der Waals surface area (Å²) >= 11 is 7.08. The van der Waals surface area contributed by atoms with Gasteiger partial charge in [-0.05, 0) is 18.2 Å². The fourth-order valence-corrected chi connectivity index (χ4v) is 3.05. The molecule has 1 heterocycles. The van der Waals surface area contributed by atoms with Crippen molar-refractivity contribution in [2.45, 2.75) is 0 Å². The van der Waals surface area contributed by atoms with Gasteiger partial charge >= 0.3 is 0 Å². The Morgan fingerprint density at radius 1 is 1.22 bits per heavy atom. The Morgan fingerprint density at radius 2 is 1.96 bits per heavy atom. The monoisotopic (exact) mass is 347 g/mol. The average molecular weight is 348 g/mol. The summed E-state index contributed by atoms with van der Waals surface area (Å²) in [4.78, 5) is 16.9. The third kappa shape index (κ3) is 3.33. The number of carbonyl (C=O) groups is 1. The molecular weight excluding hydrogens is 337 g/mol. The summed E-state index contributed by atoms with van der Waals surface area (Å²) < 4.78 is 13.1. The zero-order chi connectivity index (χ0) is 16.4. The number of hydrogen-bond acceptors (Lipinski definition) is 5. The normalized spacial score (nSPS) is 10.5. The van der Waals surface area contributed by atoms with E-state index in [-0.39, 0.29) is 16.6 Å². The van der Waals surface area contributed by atoms with E-state index in [1.54, 1.807) is 24.3 Å². The molecule has 0 spiro atoms. The van der Waals surface area contributed by atoms with Crippen molar-refractivity contribution in [3.05, 3.63) is 69.8 Å². The number of benzene rings is 2. The number of carbonyl (C=O) groups excluding carboxylic acids is 1. The number of halogens is 2. The van der Waals surface area contributed by atoms with Crippen molar-refractivity contribution < 1.29 is 9.18 Å². The first-order valence-corrected chi connectivity index (χ1v) is 7.82. The Hall–Kier alpha value is -2.44. The molecule has 0 amide bonds. The van der Waals surface area contributed by atoms with Gasteiger partial charge in [0, 0.05) is 5.56 Å². The van der Waals surface area contributed by atoms with Gasteiger partial charge in [0.25, 0.3) is 0 Å². The molecule has 4 nitrogen and oxygen atoms in total. The molecule has 0 fully saturated rings. The molecule has 0 aliphatic rings. The summed E-state index contributed by atoms with van der Waals surface area (Å²) in [7, 11) is 0. The lowest BCUT2D eigenvalue weighted by Crippen LogP contribution is -2.02. The Kier molecular flexibility index (Phi) is 4.27. The molecule has 3 rings (SSSR count). The van der Waals surface area contributed by atoms with E-state index in [1.807, 2.05) is 6.07 Å². The minimum absolute atomic E-state index is 0.143. The van der Waals surface area contributed by atoms with E-state index < -0.39 is 5.82 Å². The molecule has 0 bridgehead atoms. The summed E-state index contributed by atoms with van der Waals surface area (Å²) in [5.41, 5.74) is 6.86. The molecule has 116 valence electrons. The number of thiazole rings is 1. The number of rotatable bonds is 4. The second-order valence-electron chi connectivity index (χ2n) is 4.68. The van der Waals surface area contributed by atoms with Gasteiger partial charge in [-0.2, -0.15) is 0 Å². The number of ketones is 1. The topological polar surface area (TPSA) is 68.0 Å². The number of nitrogens with two attached hydrogens (primary N) is 1. The van der Waals surface area contributed by atoms with Crippen LogP contribution in [0.5, 0.6) is 0 Å². The van der Waals surface area contributed by atoms with Crippen LogP contribution in [0.4, 0.5) is 21.0 Å². The Bertz CT molecular complexity index is 867. The van der Waals surface area contributed by atoms with Crippen LogP contribution >= 0.6 is 22.9 Å². The molecule has 1 aromatic heterocycles. The van der Waals surface area contributed by atoms with Crippen LogP contribution in [0.1, 0.15) is 15.2 Å². The highest BCUT2D eigenvalue weighted by Gasteiger charge is 2.18. The van der Waals surface area contributed by atoms with Crippen molar-refractivity contribution in [2.75, 3.05) is 11.1 Å². The van der Waals surface area contributed by atoms with Crippen molar-refractivity contribution in [2.24, 2.45) is 0 Å². The van der Waals surface area contributed by atoms with Crippen LogP contribution in [0, 0.1) is 5.82 Å². The van der Waals surface area contributed by atoms with Gasteiger partial charge in [0.05, 0.1) is 10.7 Å². The summed E-state index contributed by atoms with van der Waals surface area (Å²) in [5.74, 6) is -0.484. The highest BCUT2D eigenvalue weighted by atomic mass is 35.5. The summed E-state index contributed by atoms with van der Waals surface area (Å²) in [6, 6.07) is 12.8. The fraction of sp³-hybridized carbons (Fsp3) is 0. The van der Waals surface area contributed by atoms with Gasteiger partial charge in [-0.15, -0.1) is 0 Å². The third-order valence-electron chi connectivity index (χ3n) is 3.07. The maximum atomic E-state index is 13.1. The molecule has 23 heavy (non-hydrogen) atoms. The van der Waals surface area contributed by atoms with Gasteiger partial charge in [-0.25, -0.2) is 9.37 Å². The Labute approximate surface area is 140 Å². The molecule has 0 radical (unpaired) electrons. The van der Waals surface area contributed by atoms with Crippen LogP contribution in [0.2, 0.25) is 5.02 Å². The Morgan fingerprint density at radius 3 is 2.65 bits per heavy atom. The molecular formula is C16H11ClFN3OS. The van der Waals surface area contributed by atoms with Crippen LogP contribution in [0.15, 0.2) is 48.5 Å². The van der Waals surface area contributed by atoms with Crippen molar-refractivity contribution in [1.29, 1.82) is 0 Å². The van der Waals surface area contributed by atoms with Crippen molar-refractivity contribution >= 4 is 45.4 Å². The average Bonchev–Trinajstić information content (AvgIpc) is 2.91. The smallest absolute Gasteiger partial charge is 0.206 e. The van der Waals surface area contributed by atoms with Crippen LogP contribution in [0.3, 0.4) is 0 Å². The van der Waals surface area contributed by atoms with E-state index in [9.17, 15) is 9.18 Å². The molecule has 3 aromatic rings. The second-order valence-corrected chi connectivity index (χ2v) is 6.08. The van der Waals surface area contributed by atoms with Crippen molar-refractivity contribution in [3.63, 3.8) is 0 Å². The van der Waals surface area contributed by atoms with Crippen LogP contribution in [-0.4, -0.2) is 10.8 Å². The maximum absolute atomic E-state index is 13.1. The Balaban J connectivity index is 1.88. The minimum atomic E-state index is -0.431. The van der Waals surface area contributed by atoms with Gasteiger partial charge in [0.15, 0.2) is 5.13 Å². The zero-order valence-electron chi connectivity index (χ0n) is 11.7. The molecule has 0 atom stereocenters. The van der Waals surface area contributed by atoms with Gasteiger partial charge in [-0.3, -0.25) is 4.79 Å². The van der Waals surface area contributed by atoms with E-state index in [4.69, 9.17) is 17.3 Å². The number of nitrogen functional groups attached to an aromatic ring is 1. The lowest BCUT2D eigenvalue weighted by atomic mass is 10.1. The third-order valence-corrected chi connectivity index (χ3v) is 4.37. The molecule has 0 unspecified atom stereocenters. The number of anilines is 3. The molecule has 0 aliphatic heterocycles. The SMILES string of the molecule is Nc1nc(Nc2ccc(F)cc2Cl)sc1C(=O)c1ccccc1. The van der Waals surface area contributed by atoms with Crippen LogP contribution in [0.25, 0.3) is 0 Å². The van der Waals surface area contributed by atoms with Crippen LogP contribution in [-0.2, 0) is 0 Å². The standard InChI is InChI=1S/C16H11ClFN3OS/c17-11-8-10(18)6-7-12(11)20-16-21-15(19)14(23-16)13(22)9-4-2-1-3-5-9/h1-8H,19H2,(H,20,21). The predicted molar refractivity (Wildman–Crippen MR) is 91.1 cm³/mol. The maximum Gasteiger partial charge on any atom is 0.206 e. The van der Waals surface area contributed by atoms with E-state index in [0.717, 1.165) is 11.3 Å². The number of aromatic nitrogens is 1. The molecule has 2 aromatic carbocycles. The minimum Gasteiger partial charge on any atom is -0.382 e. The summed E-state index contributed by atoms with van der Waals surface area (Å²) in [6.07, 6.45) is 0. The second kappa shape index (κ2) is 6.36. The zero-order valence-corrected chi connectivity index (χ0v) is 13.3. The van der Waals surface area contributed by atoms with Gasteiger partial charge in [-0.1, -0.05) is 53.3 Å². The van der Waals surface area contributed by atoms with Crippen molar-refractivity contribution in [3.8, 4) is 0 Å². The largest absolute Gasteiger partial charge is 0.382 e. The van der Waals surface area contributed by atoms with Crippen LogP contribution < -0.4 is 11.1 Å². The molecule has 0 saturated carbocycles. The molecule has 3 N–H and O–H groups in total. The van der Waals surface area contributed by atoms with E-state index in [0.29, 0.717) is 21.3 Å². The first-order chi connectivity index (χ1) is 11.0. The lowest BCUT2D eigenvalue weighted by molar-refractivity contribution is 0.104. The summed E-state index contributed by atoms with van der Waals surface area (Å²) in [6.45, 7) is 0. The number of hydrogen-bond donors (Lipinski definition) is 2. The van der Waals surface area contributed by atoms with Gasteiger partial charge in [0.1, 0.15) is 16.5 Å². The molecule has 0 aliphatic carbocycles. The molecule has 7 heteroatoms. The highest BCUT2D eigenvalue weighted by Crippen LogP contribution is 2.32. The van der Waals surface area contributed by atoms with Crippen molar-refractivity contribution in [1.82, 2.24) is 4.98 Å². The number of nitrogens with zero attached hydrogens (tertiary/aromatic N) is 1.